The van der Waals surface area contributed by atoms with Gasteiger partial charge in [0.2, 0.25) is 0 Å². The molecule has 1 aliphatic heterocycles. The van der Waals surface area contributed by atoms with E-state index in [2.05, 4.69) is 22.2 Å². The summed E-state index contributed by atoms with van der Waals surface area (Å²) in [4.78, 5) is 17.2. The lowest BCUT2D eigenvalue weighted by molar-refractivity contribution is 0.102. The third-order valence-electron chi connectivity index (χ3n) is 5.09. The second kappa shape index (κ2) is 8.64. The van der Waals surface area contributed by atoms with Crippen molar-refractivity contribution in [2.45, 2.75) is 6.92 Å². The van der Waals surface area contributed by atoms with Gasteiger partial charge in [-0.1, -0.05) is 11.6 Å². The molecule has 148 valence electrons. The van der Waals surface area contributed by atoms with Crippen molar-refractivity contribution in [3.8, 4) is 5.75 Å². The Morgan fingerprint density at radius 1 is 1.11 bits per heavy atom. The monoisotopic (exact) mass is 383 g/mol. The molecule has 1 saturated heterocycles. The molecule has 2 aromatic carbocycles. The molecule has 28 heavy (non-hydrogen) atoms. The third kappa shape index (κ3) is 4.47. The Labute approximate surface area is 165 Å². The second-order valence-corrected chi connectivity index (χ2v) is 7.08. The zero-order chi connectivity index (χ0) is 20.3. The molecule has 0 aliphatic carbocycles. The van der Waals surface area contributed by atoms with Crippen LogP contribution in [0.1, 0.15) is 15.9 Å². The van der Waals surface area contributed by atoms with Crippen LogP contribution < -0.4 is 20.4 Å². The van der Waals surface area contributed by atoms with Gasteiger partial charge in [0, 0.05) is 37.4 Å². The SMILES string of the molecule is COc1ccc(NC(=O)c2ccc(B(O)O)c(C)c2)cc1N1CCN(C)CC1. The standard InChI is InChI=1S/C20H26BN3O4/c1-14-12-15(4-6-17(14)21(26)27)20(25)22-16-5-7-19(28-3)18(13-16)24-10-8-23(2)9-11-24/h4-7,12-13,26-27H,8-11H2,1-3H3,(H,22,25). The molecule has 1 fully saturated rings. The van der Waals surface area contributed by atoms with Gasteiger partial charge in [-0.15, -0.1) is 0 Å². The van der Waals surface area contributed by atoms with Crippen LogP contribution in [0.15, 0.2) is 36.4 Å². The Hall–Kier alpha value is -2.55. The average molecular weight is 383 g/mol. The predicted octanol–water partition coefficient (Wildman–Crippen LogP) is 0.688. The fourth-order valence-electron chi connectivity index (χ4n) is 3.37. The number of likely N-dealkylation sites (N-methyl/N-ethyl adjacent to an activating group) is 1. The van der Waals surface area contributed by atoms with Gasteiger partial charge in [-0.25, -0.2) is 0 Å². The van der Waals surface area contributed by atoms with Crippen LogP contribution in [0.5, 0.6) is 5.75 Å². The average Bonchev–Trinajstić information content (AvgIpc) is 2.68. The number of methoxy groups -OCH3 is 1. The van der Waals surface area contributed by atoms with Crippen molar-refractivity contribution < 1.29 is 19.6 Å². The Balaban J connectivity index is 1.79. The van der Waals surface area contributed by atoms with Gasteiger partial charge in [0.15, 0.2) is 0 Å². The number of piperazine rings is 1. The highest BCUT2D eigenvalue weighted by atomic mass is 16.5. The number of benzene rings is 2. The topological polar surface area (TPSA) is 85.3 Å². The van der Waals surface area contributed by atoms with E-state index in [1.165, 1.54) is 0 Å². The van der Waals surface area contributed by atoms with Gasteiger partial charge >= 0.3 is 7.12 Å². The number of amides is 1. The molecule has 0 atom stereocenters. The molecular weight excluding hydrogens is 357 g/mol. The number of hydrogen-bond acceptors (Lipinski definition) is 6. The van der Waals surface area contributed by atoms with Gasteiger partial charge in [0.05, 0.1) is 12.8 Å². The zero-order valence-electron chi connectivity index (χ0n) is 16.5. The van der Waals surface area contributed by atoms with Gasteiger partial charge in [-0.3, -0.25) is 4.79 Å². The van der Waals surface area contributed by atoms with Crippen molar-refractivity contribution in [1.29, 1.82) is 0 Å². The molecule has 0 aromatic heterocycles. The van der Waals surface area contributed by atoms with Crippen molar-refractivity contribution in [3.05, 3.63) is 47.5 Å². The Morgan fingerprint density at radius 2 is 1.82 bits per heavy atom. The molecule has 1 amide bonds. The van der Waals surface area contributed by atoms with Crippen LogP contribution in [0.2, 0.25) is 0 Å². The lowest BCUT2D eigenvalue weighted by atomic mass is 9.77. The molecular formula is C20H26BN3O4. The summed E-state index contributed by atoms with van der Waals surface area (Å²) in [5.74, 6) is 0.524. The highest BCUT2D eigenvalue weighted by Crippen LogP contribution is 2.32. The van der Waals surface area contributed by atoms with E-state index in [1.54, 1.807) is 32.2 Å². The first kappa shape index (κ1) is 20.2. The molecule has 1 aliphatic rings. The lowest BCUT2D eigenvalue weighted by Crippen LogP contribution is -2.44. The molecule has 0 bridgehead atoms. The molecule has 7 nitrogen and oxygen atoms in total. The van der Waals surface area contributed by atoms with Crippen molar-refractivity contribution >= 4 is 29.9 Å². The Kier molecular flexibility index (Phi) is 6.23. The van der Waals surface area contributed by atoms with Crippen molar-refractivity contribution in [1.82, 2.24) is 4.90 Å². The molecule has 0 spiro atoms. The van der Waals surface area contributed by atoms with Crippen molar-refractivity contribution in [2.24, 2.45) is 0 Å². The Morgan fingerprint density at radius 3 is 2.43 bits per heavy atom. The number of hydrogen-bond donors (Lipinski definition) is 3. The summed E-state index contributed by atoms with van der Waals surface area (Å²) in [5.41, 5.74) is 3.14. The highest BCUT2D eigenvalue weighted by Gasteiger charge is 2.19. The third-order valence-corrected chi connectivity index (χ3v) is 5.09. The number of aryl methyl sites for hydroxylation is 1. The van der Waals surface area contributed by atoms with Crippen LogP contribution in [0.25, 0.3) is 0 Å². The number of anilines is 2. The van der Waals surface area contributed by atoms with Crippen LogP contribution in [-0.2, 0) is 0 Å². The van der Waals surface area contributed by atoms with Crippen LogP contribution in [-0.4, -0.2) is 68.3 Å². The van der Waals surface area contributed by atoms with E-state index in [0.29, 0.717) is 22.3 Å². The van der Waals surface area contributed by atoms with Crippen molar-refractivity contribution in [2.75, 3.05) is 50.6 Å². The summed E-state index contributed by atoms with van der Waals surface area (Å²) < 4.78 is 5.51. The molecule has 3 rings (SSSR count). The molecule has 2 aromatic rings. The molecule has 0 radical (unpaired) electrons. The number of carbonyl (C=O) groups is 1. The lowest BCUT2D eigenvalue weighted by Gasteiger charge is -2.35. The molecule has 8 heteroatoms. The van der Waals surface area contributed by atoms with Crippen molar-refractivity contribution in [3.63, 3.8) is 0 Å². The zero-order valence-corrected chi connectivity index (χ0v) is 16.5. The maximum Gasteiger partial charge on any atom is 0.488 e. The van der Waals surface area contributed by atoms with Gasteiger partial charge in [-0.2, -0.15) is 0 Å². The first-order valence-corrected chi connectivity index (χ1v) is 9.28. The fraction of sp³-hybridized carbons (Fsp3) is 0.350. The summed E-state index contributed by atoms with van der Waals surface area (Å²) in [5, 5.41) is 21.6. The van der Waals surface area contributed by atoms with Gasteiger partial charge in [0.1, 0.15) is 5.75 Å². The fourth-order valence-corrected chi connectivity index (χ4v) is 3.37. The van der Waals surface area contributed by atoms with E-state index in [0.717, 1.165) is 37.6 Å². The van der Waals surface area contributed by atoms with E-state index in [4.69, 9.17) is 4.74 Å². The minimum Gasteiger partial charge on any atom is -0.495 e. The van der Waals surface area contributed by atoms with Gasteiger partial charge in [-0.05, 0) is 49.8 Å². The number of rotatable bonds is 5. The summed E-state index contributed by atoms with van der Waals surface area (Å²) >= 11 is 0. The molecule has 1 heterocycles. The smallest absolute Gasteiger partial charge is 0.488 e. The van der Waals surface area contributed by atoms with E-state index < -0.39 is 7.12 Å². The summed E-state index contributed by atoms with van der Waals surface area (Å²) in [7, 11) is 2.20. The number of nitrogens with zero attached hydrogens (tertiary/aromatic N) is 2. The first-order valence-electron chi connectivity index (χ1n) is 9.28. The van der Waals surface area contributed by atoms with Crippen LogP contribution in [0.4, 0.5) is 11.4 Å². The van der Waals surface area contributed by atoms with E-state index in [1.807, 2.05) is 18.2 Å². The first-order chi connectivity index (χ1) is 13.4. The van der Waals surface area contributed by atoms with E-state index in [-0.39, 0.29) is 5.91 Å². The maximum atomic E-state index is 12.6. The predicted molar refractivity (Wildman–Crippen MR) is 112 cm³/mol. The quantitative estimate of drug-likeness (QED) is 0.659. The number of carbonyl (C=O) groups excluding carboxylic acids is 1. The summed E-state index contributed by atoms with van der Waals surface area (Å²) in [6.45, 7) is 5.48. The van der Waals surface area contributed by atoms with Gasteiger partial charge in [0.25, 0.3) is 5.91 Å². The molecule has 3 N–H and O–H groups in total. The minimum atomic E-state index is -1.55. The van der Waals surface area contributed by atoms with Gasteiger partial charge < -0.3 is 29.9 Å². The Bertz CT molecular complexity index is 851. The minimum absolute atomic E-state index is 0.253. The summed E-state index contributed by atoms with van der Waals surface area (Å²) in [6.07, 6.45) is 0. The largest absolute Gasteiger partial charge is 0.495 e. The second-order valence-electron chi connectivity index (χ2n) is 7.08. The number of nitrogens with one attached hydrogen (secondary N) is 1. The molecule has 0 unspecified atom stereocenters. The van der Waals surface area contributed by atoms with E-state index in [9.17, 15) is 14.8 Å². The van der Waals surface area contributed by atoms with E-state index >= 15 is 0 Å². The van der Waals surface area contributed by atoms with Crippen LogP contribution >= 0.6 is 0 Å². The highest BCUT2D eigenvalue weighted by molar-refractivity contribution is 6.59. The van der Waals surface area contributed by atoms with Crippen LogP contribution in [0, 0.1) is 6.92 Å². The molecule has 0 saturated carbocycles. The number of ether oxygens (including phenoxy) is 1. The van der Waals surface area contributed by atoms with Crippen LogP contribution in [0.3, 0.4) is 0 Å². The maximum absolute atomic E-state index is 12.6. The normalized spacial score (nSPS) is 14.7. The summed E-state index contributed by atoms with van der Waals surface area (Å²) in [6, 6.07) is 10.4.